The quantitative estimate of drug-likeness (QED) is 0.253. The summed E-state index contributed by atoms with van der Waals surface area (Å²) in [6.45, 7) is 0. The third kappa shape index (κ3) is 3.45. The van der Waals surface area contributed by atoms with Gasteiger partial charge < -0.3 is 5.73 Å². The average molecular weight is 562 g/mol. The Bertz CT molecular complexity index is 732. The molecule has 0 aliphatic rings. The highest BCUT2D eigenvalue weighted by Crippen LogP contribution is 2.56. The lowest BCUT2D eigenvalue weighted by atomic mass is 9.95. The van der Waals surface area contributed by atoms with Gasteiger partial charge in [0.25, 0.3) is 0 Å². The average Bonchev–Trinajstić information content (AvgIpc) is 2.37. The van der Waals surface area contributed by atoms with Crippen LogP contribution in [0.15, 0.2) is 17.0 Å². The maximum absolute atomic E-state index is 14.3. The number of alkyl halides is 9. The van der Waals surface area contributed by atoms with Crippen LogP contribution in [-0.4, -0.2) is 25.2 Å². The smallest absolute Gasteiger partial charge is 0.397 e. The second-order valence-electron chi connectivity index (χ2n) is 4.33. The highest BCUT2D eigenvalue weighted by Gasteiger charge is 2.71. The van der Waals surface area contributed by atoms with Gasteiger partial charge in [-0.1, -0.05) is 0 Å². The van der Waals surface area contributed by atoms with Crippen molar-refractivity contribution >= 4 is 54.0 Å². The predicted molar refractivity (Wildman–Crippen MR) is 79.5 cm³/mol. The van der Waals surface area contributed by atoms with Crippen molar-refractivity contribution in [1.29, 1.82) is 0 Å². The van der Waals surface area contributed by atoms with Crippen molar-refractivity contribution in [3.05, 3.63) is 21.3 Å². The van der Waals surface area contributed by atoms with Crippen LogP contribution in [0.4, 0.5) is 40.8 Å². The maximum atomic E-state index is 14.3. The molecule has 0 saturated carbocycles. The number of halogens is 10. The molecule has 0 aromatic heterocycles. The Balaban J connectivity index is 3.89. The lowest BCUT2D eigenvalue weighted by Crippen LogP contribution is -2.49. The molecule has 0 amide bonds. The van der Waals surface area contributed by atoms with Gasteiger partial charge >= 0.3 is 22.4 Å². The van der Waals surface area contributed by atoms with E-state index in [1.54, 1.807) is 0 Å². The molecule has 1 rings (SSSR count). The van der Waals surface area contributed by atoms with Crippen molar-refractivity contribution in [2.45, 2.75) is 27.3 Å². The first-order valence-electron chi connectivity index (χ1n) is 5.41. The van der Waals surface area contributed by atoms with Crippen molar-refractivity contribution in [3.63, 3.8) is 0 Å². The molecule has 0 aliphatic carbocycles. The molecule has 0 aliphatic heterocycles. The number of rotatable bonds is 4. The largest absolute Gasteiger partial charge is 0.433 e. The fraction of sp³-hybridized carbons (Fsp3) is 0.400. The van der Waals surface area contributed by atoms with Gasteiger partial charge in [-0.3, -0.25) is 0 Å². The van der Waals surface area contributed by atoms with Crippen molar-refractivity contribution in [1.82, 2.24) is 0 Å². The molecule has 0 radical (unpaired) electrons. The van der Waals surface area contributed by atoms with Crippen molar-refractivity contribution in [3.8, 4) is 0 Å². The third-order valence-electron chi connectivity index (χ3n) is 2.81. The molecule has 14 heteroatoms. The standard InChI is InChI=1S/C10H5BrF8INO2S/c11-9(15,16)8(14,10(17,18)19)3-1-4(20)6(21)5(2-3)24(22,23)7(12)13/h1-2,7H,21H2. The molecular formula is C10H5BrF8INO2S. The normalized spacial score (nSPS) is 16.3. The monoisotopic (exact) mass is 561 g/mol. The molecule has 1 aromatic carbocycles. The number of anilines is 1. The minimum atomic E-state index is -6.20. The van der Waals surface area contributed by atoms with Crippen LogP contribution in [0.3, 0.4) is 0 Å². The molecule has 2 N–H and O–H groups in total. The van der Waals surface area contributed by atoms with Gasteiger partial charge in [-0.05, 0) is 50.7 Å². The van der Waals surface area contributed by atoms with Crippen LogP contribution in [0.2, 0.25) is 0 Å². The van der Waals surface area contributed by atoms with Crippen molar-refractivity contribution in [2.24, 2.45) is 0 Å². The molecule has 138 valence electrons. The van der Waals surface area contributed by atoms with Crippen molar-refractivity contribution in [2.75, 3.05) is 5.73 Å². The molecule has 1 aromatic rings. The summed E-state index contributed by atoms with van der Waals surface area (Å²) < 4.78 is 127. The Kier molecular flexibility index (Phi) is 5.78. The van der Waals surface area contributed by atoms with Gasteiger partial charge in [0.15, 0.2) is 0 Å². The minimum Gasteiger partial charge on any atom is -0.397 e. The summed E-state index contributed by atoms with van der Waals surface area (Å²) in [5.41, 5.74) is -2.98. The summed E-state index contributed by atoms with van der Waals surface area (Å²) in [7, 11) is -5.56. The Morgan fingerprint density at radius 3 is 1.88 bits per heavy atom. The summed E-state index contributed by atoms with van der Waals surface area (Å²) in [6.07, 6.45) is -6.20. The first kappa shape index (κ1) is 21.7. The van der Waals surface area contributed by atoms with Crippen LogP contribution in [0, 0.1) is 3.57 Å². The van der Waals surface area contributed by atoms with E-state index in [0.717, 1.165) is 22.6 Å². The van der Waals surface area contributed by atoms with Gasteiger partial charge in [-0.25, -0.2) is 12.8 Å². The van der Waals surface area contributed by atoms with E-state index in [2.05, 4.69) is 0 Å². The maximum Gasteiger partial charge on any atom is 0.433 e. The zero-order valence-corrected chi connectivity index (χ0v) is 15.4. The van der Waals surface area contributed by atoms with Gasteiger partial charge in [-0.2, -0.15) is 30.7 Å². The highest BCUT2D eigenvalue weighted by atomic mass is 127. The third-order valence-corrected chi connectivity index (χ3v) is 5.67. The fourth-order valence-electron chi connectivity index (χ4n) is 1.61. The first-order valence-corrected chi connectivity index (χ1v) is 8.83. The van der Waals surface area contributed by atoms with Crippen LogP contribution < -0.4 is 5.73 Å². The van der Waals surface area contributed by atoms with E-state index < -0.39 is 52.0 Å². The summed E-state index contributed by atoms with van der Waals surface area (Å²) in [4.78, 5) is -6.80. The number of hydrogen-bond donors (Lipinski definition) is 1. The molecule has 0 heterocycles. The summed E-state index contributed by atoms with van der Waals surface area (Å²) in [5.74, 6) is -4.10. The molecule has 24 heavy (non-hydrogen) atoms. The molecule has 0 fully saturated rings. The van der Waals surface area contributed by atoms with Crippen LogP contribution in [-0.2, 0) is 15.5 Å². The SMILES string of the molecule is Nc1c(I)cc(C(F)(C(F)(F)F)C(F)(F)Br)cc1S(=O)(=O)C(F)F. The van der Waals surface area contributed by atoms with Crippen LogP contribution in [0.5, 0.6) is 0 Å². The second kappa shape index (κ2) is 6.41. The minimum absolute atomic E-state index is 0.197. The number of nitrogen functional groups attached to an aromatic ring is 1. The van der Waals surface area contributed by atoms with Crippen LogP contribution in [0.1, 0.15) is 5.56 Å². The Morgan fingerprint density at radius 1 is 1.08 bits per heavy atom. The predicted octanol–water partition coefficient (Wildman–Crippen LogP) is 4.58. The van der Waals surface area contributed by atoms with E-state index in [0.29, 0.717) is 0 Å². The topological polar surface area (TPSA) is 60.2 Å². The summed E-state index contributed by atoms with van der Waals surface area (Å²) in [6, 6.07) is -0.0787. The molecule has 0 spiro atoms. The Hall–Kier alpha value is -0.380. The molecule has 0 saturated heterocycles. The number of nitrogens with two attached hydrogens (primary N) is 1. The van der Waals surface area contributed by atoms with E-state index in [1.807, 2.05) is 0 Å². The lowest BCUT2D eigenvalue weighted by Gasteiger charge is -2.32. The molecule has 0 bridgehead atoms. The van der Waals surface area contributed by atoms with Crippen LogP contribution >= 0.6 is 38.5 Å². The summed E-state index contributed by atoms with van der Waals surface area (Å²) >= 11 is 2.37. The molecule has 3 nitrogen and oxygen atoms in total. The first-order chi connectivity index (χ1) is 10.5. The molecular weight excluding hydrogens is 557 g/mol. The van der Waals surface area contributed by atoms with Gasteiger partial charge in [0, 0.05) is 9.13 Å². The van der Waals surface area contributed by atoms with E-state index in [1.165, 1.54) is 15.9 Å². The summed E-state index contributed by atoms with van der Waals surface area (Å²) in [5, 5.41) is 0. The van der Waals surface area contributed by atoms with E-state index in [9.17, 15) is 43.5 Å². The zero-order valence-electron chi connectivity index (χ0n) is 10.8. The van der Waals surface area contributed by atoms with Gasteiger partial charge in [0.2, 0.25) is 9.84 Å². The fourth-order valence-corrected chi connectivity index (χ4v) is 3.77. The second-order valence-corrected chi connectivity index (χ2v) is 8.37. The number of sulfone groups is 1. The van der Waals surface area contributed by atoms with Crippen LogP contribution in [0.25, 0.3) is 0 Å². The van der Waals surface area contributed by atoms with Gasteiger partial charge in [0.05, 0.1) is 10.6 Å². The van der Waals surface area contributed by atoms with E-state index >= 15 is 0 Å². The highest BCUT2D eigenvalue weighted by molar-refractivity contribution is 14.1. The number of benzene rings is 1. The van der Waals surface area contributed by atoms with E-state index in [4.69, 9.17) is 5.73 Å². The van der Waals surface area contributed by atoms with Gasteiger partial charge in [0.1, 0.15) is 0 Å². The lowest BCUT2D eigenvalue weighted by molar-refractivity contribution is -0.282. The molecule has 1 atom stereocenters. The number of hydrogen-bond acceptors (Lipinski definition) is 3. The zero-order chi connectivity index (χ0) is 19.3. The van der Waals surface area contributed by atoms with Gasteiger partial charge in [-0.15, -0.1) is 0 Å². The molecule has 1 unspecified atom stereocenters. The Morgan fingerprint density at radius 2 is 1.54 bits per heavy atom. The van der Waals surface area contributed by atoms with E-state index in [-0.39, 0.29) is 12.1 Å². The van der Waals surface area contributed by atoms with Crippen molar-refractivity contribution < 1.29 is 43.5 Å². The Labute approximate surface area is 151 Å².